The first-order chi connectivity index (χ1) is 9.06. The van der Waals surface area contributed by atoms with Crippen molar-refractivity contribution in [1.29, 1.82) is 0 Å². The smallest absolute Gasteiger partial charge is 0.335 e. The molecule has 0 aromatic heterocycles. The standard InChI is InChI=1S/C13H16N2O3S/c1-8-2-3-9(12(16)17)6-11(8)15-13(18)14-10-4-5-19-7-10/h2-3,6,10H,4-5,7H2,1H3,(H,16,17)(H2,14,15,18). The van der Waals surface area contributed by atoms with Crippen molar-refractivity contribution in [2.24, 2.45) is 0 Å². The van der Waals surface area contributed by atoms with Crippen LogP contribution in [0.4, 0.5) is 10.5 Å². The lowest BCUT2D eigenvalue weighted by atomic mass is 10.1. The number of amides is 2. The molecule has 6 heteroatoms. The summed E-state index contributed by atoms with van der Waals surface area (Å²) in [7, 11) is 0. The first-order valence-electron chi connectivity index (χ1n) is 6.05. The molecule has 0 radical (unpaired) electrons. The van der Waals surface area contributed by atoms with Crippen LogP contribution < -0.4 is 10.6 Å². The monoisotopic (exact) mass is 280 g/mol. The van der Waals surface area contributed by atoms with Crippen LogP contribution in [0.15, 0.2) is 18.2 Å². The Bertz CT molecular complexity index is 499. The van der Waals surface area contributed by atoms with Crippen molar-refractivity contribution in [1.82, 2.24) is 5.32 Å². The topological polar surface area (TPSA) is 78.4 Å². The number of carboxylic acids is 1. The van der Waals surface area contributed by atoms with Crippen molar-refractivity contribution < 1.29 is 14.7 Å². The van der Waals surface area contributed by atoms with Crippen LogP contribution in [0.25, 0.3) is 0 Å². The van der Waals surface area contributed by atoms with Gasteiger partial charge in [-0.15, -0.1) is 0 Å². The third kappa shape index (κ3) is 3.64. The Labute approximate surface area is 115 Å². The van der Waals surface area contributed by atoms with Gasteiger partial charge in [0.2, 0.25) is 0 Å². The summed E-state index contributed by atoms with van der Waals surface area (Å²) in [5, 5.41) is 14.5. The van der Waals surface area contributed by atoms with E-state index in [2.05, 4.69) is 10.6 Å². The van der Waals surface area contributed by atoms with Crippen LogP contribution in [0.2, 0.25) is 0 Å². The Balaban J connectivity index is 2.02. The molecule has 1 aromatic carbocycles. The second-order valence-corrected chi connectivity index (χ2v) is 5.64. The molecule has 1 saturated heterocycles. The number of urea groups is 1. The molecule has 5 nitrogen and oxygen atoms in total. The van der Waals surface area contributed by atoms with Crippen LogP contribution in [-0.2, 0) is 0 Å². The summed E-state index contributed by atoms with van der Waals surface area (Å²) in [6.45, 7) is 1.83. The number of anilines is 1. The molecule has 2 rings (SSSR count). The van der Waals surface area contributed by atoms with Crippen molar-refractivity contribution >= 4 is 29.4 Å². The highest BCUT2D eigenvalue weighted by Crippen LogP contribution is 2.19. The van der Waals surface area contributed by atoms with Gasteiger partial charge in [0, 0.05) is 17.5 Å². The van der Waals surface area contributed by atoms with Crippen LogP contribution in [0.1, 0.15) is 22.3 Å². The van der Waals surface area contributed by atoms with Gasteiger partial charge in [-0.3, -0.25) is 0 Å². The lowest BCUT2D eigenvalue weighted by Gasteiger charge is -2.14. The van der Waals surface area contributed by atoms with Crippen LogP contribution >= 0.6 is 11.8 Å². The average Bonchev–Trinajstić information content (AvgIpc) is 2.84. The number of hydrogen-bond donors (Lipinski definition) is 3. The van der Waals surface area contributed by atoms with E-state index < -0.39 is 5.97 Å². The zero-order valence-corrected chi connectivity index (χ0v) is 11.4. The largest absolute Gasteiger partial charge is 0.478 e. The summed E-state index contributed by atoms with van der Waals surface area (Å²) in [5.41, 5.74) is 1.53. The normalized spacial score (nSPS) is 18.1. The van der Waals surface area contributed by atoms with E-state index in [9.17, 15) is 9.59 Å². The zero-order valence-electron chi connectivity index (χ0n) is 10.6. The summed E-state index contributed by atoms with van der Waals surface area (Å²) in [6, 6.07) is 4.60. The van der Waals surface area contributed by atoms with Gasteiger partial charge in [-0.05, 0) is 36.8 Å². The Morgan fingerprint density at radius 2 is 2.21 bits per heavy atom. The third-order valence-electron chi connectivity index (χ3n) is 3.00. The predicted molar refractivity (Wildman–Crippen MR) is 76.0 cm³/mol. The molecule has 102 valence electrons. The van der Waals surface area contributed by atoms with E-state index in [4.69, 9.17) is 5.11 Å². The minimum absolute atomic E-state index is 0.164. The summed E-state index contributed by atoms with van der Waals surface area (Å²) < 4.78 is 0. The fraction of sp³-hybridized carbons (Fsp3) is 0.385. The van der Waals surface area contributed by atoms with Gasteiger partial charge in [0.1, 0.15) is 0 Å². The number of rotatable bonds is 3. The Morgan fingerprint density at radius 3 is 2.84 bits per heavy atom. The molecule has 2 amide bonds. The van der Waals surface area contributed by atoms with Gasteiger partial charge in [0.05, 0.1) is 5.56 Å². The molecule has 0 bridgehead atoms. The van der Waals surface area contributed by atoms with Gasteiger partial charge in [-0.2, -0.15) is 11.8 Å². The molecular weight excluding hydrogens is 264 g/mol. The molecule has 1 aromatic rings. The van der Waals surface area contributed by atoms with Gasteiger partial charge >= 0.3 is 12.0 Å². The van der Waals surface area contributed by atoms with Crippen molar-refractivity contribution in [2.75, 3.05) is 16.8 Å². The fourth-order valence-electron chi connectivity index (χ4n) is 1.88. The molecule has 1 aliphatic heterocycles. The molecule has 3 N–H and O–H groups in total. The third-order valence-corrected chi connectivity index (χ3v) is 4.16. The Morgan fingerprint density at radius 1 is 1.42 bits per heavy atom. The molecule has 0 spiro atoms. The molecule has 1 unspecified atom stereocenters. The number of hydrogen-bond acceptors (Lipinski definition) is 3. The van der Waals surface area contributed by atoms with Gasteiger partial charge in [0.15, 0.2) is 0 Å². The Kier molecular flexibility index (Phi) is 4.31. The van der Waals surface area contributed by atoms with Crippen molar-refractivity contribution in [3.63, 3.8) is 0 Å². The van der Waals surface area contributed by atoms with E-state index in [-0.39, 0.29) is 17.6 Å². The maximum Gasteiger partial charge on any atom is 0.335 e. The van der Waals surface area contributed by atoms with E-state index in [0.717, 1.165) is 23.5 Å². The lowest BCUT2D eigenvalue weighted by molar-refractivity contribution is 0.0697. The van der Waals surface area contributed by atoms with Crippen LogP contribution in [0.5, 0.6) is 0 Å². The molecular formula is C13H16N2O3S. The summed E-state index contributed by atoms with van der Waals surface area (Å²) >= 11 is 1.82. The summed E-state index contributed by atoms with van der Waals surface area (Å²) in [4.78, 5) is 22.7. The number of aryl methyl sites for hydroxylation is 1. The van der Waals surface area contributed by atoms with Gasteiger partial charge < -0.3 is 15.7 Å². The van der Waals surface area contributed by atoms with Gasteiger partial charge in [-0.25, -0.2) is 9.59 Å². The average molecular weight is 280 g/mol. The van der Waals surface area contributed by atoms with Crippen LogP contribution in [0, 0.1) is 6.92 Å². The highest BCUT2D eigenvalue weighted by molar-refractivity contribution is 7.99. The van der Waals surface area contributed by atoms with Crippen molar-refractivity contribution in [3.05, 3.63) is 29.3 Å². The molecule has 0 aliphatic carbocycles. The molecule has 19 heavy (non-hydrogen) atoms. The van der Waals surface area contributed by atoms with E-state index in [1.807, 2.05) is 18.7 Å². The fourth-order valence-corrected chi connectivity index (χ4v) is 3.03. The van der Waals surface area contributed by atoms with Crippen molar-refractivity contribution in [2.45, 2.75) is 19.4 Å². The van der Waals surface area contributed by atoms with E-state index in [1.165, 1.54) is 12.1 Å². The maximum atomic E-state index is 11.8. The number of benzene rings is 1. The second kappa shape index (κ2) is 5.97. The quantitative estimate of drug-likeness (QED) is 0.794. The second-order valence-electron chi connectivity index (χ2n) is 4.49. The first kappa shape index (κ1) is 13.7. The Hall–Kier alpha value is -1.69. The van der Waals surface area contributed by atoms with E-state index >= 15 is 0 Å². The number of carboxylic acid groups (broad SMARTS) is 1. The number of aromatic carboxylic acids is 1. The van der Waals surface area contributed by atoms with Crippen LogP contribution in [0.3, 0.4) is 0 Å². The number of carbonyl (C=O) groups is 2. The molecule has 1 aliphatic rings. The minimum atomic E-state index is -1.00. The maximum absolute atomic E-state index is 11.8. The van der Waals surface area contributed by atoms with E-state index in [0.29, 0.717) is 5.69 Å². The summed E-state index contributed by atoms with van der Waals surface area (Å²) in [6.07, 6.45) is 0.978. The zero-order chi connectivity index (χ0) is 13.8. The van der Waals surface area contributed by atoms with Gasteiger partial charge in [-0.1, -0.05) is 6.07 Å². The minimum Gasteiger partial charge on any atom is -0.478 e. The van der Waals surface area contributed by atoms with Crippen molar-refractivity contribution in [3.8, 4) is 0 Å². The number of thioether (sulfide) groups is 1. The SMILES string of the molecule is Cc1ccc(C(=O)O)cc1NC(=O)NC1CCSC1. The lowest BCUT2D eigenvalue weighted by Crippen LogP contribution is -2.38. The summed E-state index contributed by atoms with van der Waals surface area (Å²) in [5.74, 6) is 0.996. The predicted octanol–water partition coefficient (Wildman–Crippen LogP) is 2.32. The van der Waals surface area contributed by atoms with E-state index in [1.54, 1.807) is 6.07 Å². The number of carbonyl (C=O) groups excluding carboxylic acids is 1. The van der Waals surface area contributed by atoms with Gasteiger partial charge in [0.25, 0.3) is 0 Å². The molecule has 1 atom stereocenters. The molecule has 1 fully saturated rings. The number of nitrogens with one attached hydrogen (secondary N) is 2. The first-order valence-corrected chi connectivity index (χ1v) is 7.21. The highest BCUT2D eigenvalue weighted by Gasteiger charge is 2.18. The van der Waals surface area contributed by atoms with Crippen LogP contribution in [-0.4, -0.2) is 34.7 Å². The molecule has 1 heterocycles. The molecule has 0 saturated carbocycles. The highest BCUT2D eigenvalue weighted by atomic mass is 32.2.